The summed E-state index contributed by atoms with van der Waals surface area (Å²) in [5.74, 6) is 1.01. The fourth-order valence-corrected chi connectivity index (χ4v) is 1.94. The Hall–Kier alpha value is -1.54. The summed E-state index contributed by atoms with van der Waals surface area (Å²) >= 11 is 5.89. The first-order valence-electron chi connectivity index (χ1n) is 6.11. The van der Waals surface area contributed by atoms with E-state index in [1.807, 2.05) is 25.3 Å². The third-order valence-corrected chi connectivity index (χ3v) is 3.14. The molecular weight excluding hydrogens is 244 g/mol. The van der Waals surface area contributed by atoms with Gasteiger partial charge in [0.15, 0.2) is 0 Å². The largest absolute Gasteiger partial charge is 0.353 e. The normalized spacial score (nSPS) is 10.4. The number of rotatable bonds is 4. The molecule has 0 unspecified atom stereocenters. The maximum Gasteiger partial charge on any atom is 0.128 e. The monoisotopic (exact) mass is 260 g/mol. The van der Waals surface area contributed by atoms with Gasteiger partial charge in [0.2, 0.25) is 0 Å². The fourth-order valence-electron chi connectivity index (χ4n) is 1.81. The van der Waals surface area contributed by atoms with Gasteiger partial charge in [0, 0.05) is 24.3 Å². The molecule has 0 aliphatic rings. The highest BCUT2D eigenvalue weighted by Gasteiger charge is 2.06. The first kappa shape index (κ1) is 12.9. The van der Waals surface area contributed by atoms with Crippen molar-refractivity contribution in [2.45, 2.75) is 20.4 Å². The molecule has 0 N–H and O–H groups in total. The summed E-state index contributed by atoms with van der Waals surface area (Å²) in [5, 5.41) is 0.773. The lowest BCUT2D eigenvalue weighted by molar-refractivity contribution is 0.813. The van der Waals surface area contributed by atoms with E-state index >= 15 is 0 Å². The maximum absolute atomic E-state index is 5.89. The zero-order valence-electron chi connectivity index (χ0n) is 10.7. The summed E-state index contributed by atoms with van der Waals surface area (Å²) in [7, 11) is 0. The SMILES string of the molecule is CCN(Cc1ccc(Cl)cc1)c1ccc(C)cn1. The summed E-state index contributed by atoms with van der Waals surface area (Å²) in [6.45, 7) is 5.96. The van der Waals surface area contributed by atoms with E-state index in [1.54, 1.807) is 0 Å². The second-order valence-corrected chi connectivity index (χ2v) is 4.77. The zero-order valence-corrected chi connectivity index (χ0v) is 11.5. The van der Waals surface area contributed by atoms with Crippen LogP contribution in [-0.2, 0) is 6.54 Å². The van der Waals surface area contributed by atoms with E-state index in [4.69, 9.17) is 11.6 Å². The van der Waals surface area contributed by atoms with Crippen LogP contribution in [-0.4, -0.2) is 11.5 Å². The highest BCUT2D eigenvalue weighted by molar-refractivity contribution is 6.30. The van der Waals surface area contributed by atoms with Gasteiger partial charge in [-0.3, -0.25) is 0 Å². The number of hydrogen-bond donors (Lipinski definition) is 0. The molecule has 0 fully saturated rings. The van der Waals surface area contributed by atoms with Crippen molar-refractivity contribution in [3.63, 3.8) is 0 Å². The quantitative estimate of drug-likeness (QED) is 0.824. The molecule has 0 bridgehead atoms. The van der Waals surface area contributed by atoms with Crippen LogP contribution in [0.3, 0.4) is 0 Å². The first-order valence-corrected chi connectivity index (χ1v) is 6.49. The zero-order chi connectivity index (χ0) is 13.0. The van der Waals surface area contributed by atoms with E-state index in [9.17, 15) is 0 Å². The number of pyridine rings is 1. The molecule has 18 heavy (non-hydrogen) atoms. The summed E-state index contributed by atoms with van der Waals surface area (Å²) < 4.78 is 0. The average molecular weight is 261 g/mol. The van der Waals surface area contributed by atoms with Crippen LogP contribution in [0.5, 0.6) is 0 Å². The highest BCUT2D eigenvalue weighted by atomic mass is 35.5. The molecule has 0 atom stereocenters. The van der Waals surface area contributed by atoms with Crippen molar-refractivity contribution in [1.29, 1.82) is 0 Å². The predicted molar refractivity (Wildman–Crippen MR) is 77.2 cm³/mol. The van der Waals surface area contributed by atoms with Gasteiger partial charge < -0.3 is 4.90 Å². The summed E-state index contributed by atoms with van der Waals surface area (Å²) in [5.41, 5.74) is 2.42. The van der Waals surface area contributed by atoms with Crippen LogP contribution in [0.15, 0.2) is 42.6 Å². The number of anilines is 1. The maximum atomic E-state index is 5.89. The lowest BCUT2D eigenvalue weighted by Crippen LogP contribution is -2.22. The van der Waals surface area contributed by atoms with Crippen molar-refractivity contribution < 1.29 is 0 Å². The van der Waals surface area contributed by atoms with Gasteiger partial charge in [0.25, 0.3) is 0 Å². The molecule has 0 aliphatic carbocycles. The molecule has 3 heteroatoms. The van der Waals surface area contributed by atoms with Crippen LogP contribution in [0.4, 0.5) is 5.82 Å². The molecule has 2 rings (SSSR count). The molecule has 0 aliphatic heterocycles. The molecule has 1 aromatic carbocycles. The molecule has 1 aromatic heterocycles. The van der Waals surface area contributed by atoms with Crippen molar-refractivity contribution in [3.8, 4) is 0 Å². The van der Waals surface area contributed by atoms with Crippen LogP contribution in [0.25, 0.3) is 0 Å². The summed E-state index contributed by atoms with van der Waals surface area (Å²) in [6, 6.07) is 12.1. The van der Waals surface area contributed by atoms with E-state index in [1.165, 1.54) is 11.1 Å². The number of aromatic nitrogens is 1. The Balaban J connectivity index is 2.14. The Labute approximate surface area is 113 Å². The van der Waals surface area contributed by atoms with E-state index in [-0.39, 0.29) is 0 Å². The minimum atomic E-state index is 0.773. The molecule has 0 saturated carbocycles. The number of nitrogens with zero attached hydrogens (tertiary/aromatic N) is 2. The predicted octanol–water partition coefficient (Wildman–Crippen LogP) is 4.07. The van der Waals surface area contributed by atoms with Gasteiger partial charge in [0.1, 0.15) is 5.82 Å². The molecule has 1 heterocycles. The third kappa shape index (κ3) is 3.23. The van der Waals surface area contributed by atoms with Gasteiger partial charge in [-0.05, 0) is 43.2 Å². The molecule has 0 saturated heterocycles. The van der Waals surface area contributed by atoms with Gasteiger partial charge in [-0.1, -0.05) is 29.8 Å². The number of hydrogen-bond acceptors (Lipinski definition) is 2. The van der Waals surface area contributed by atoms with Gasteiger partial charge in [-0.15, -0.1) is 0 Å². The Bertz CT molecular complexity index is 491. The topological polar surface area (TPSA) is 16.1 Å². The van der Waals surface area contributed by atoms with Crippen molar-refractivity contribution in [2.24, 2.45) is 0 Å². The van der Waals surface area contributed by atoms with Crippen molar-refractivity contribution in [3.05, 3.63) is 58.7 Å². The second kappa shape index (κ2) is 5.87. The minimum Gasteiger partial charge on any atom is -0.353 e. The van der Waals surface area contributed by atoms with Gasteiger partial charge in [0.05, 0.1) is 0 Å². The number of aryl methyl sites for hydroxylation is 1. The van der Waals surface area contributed by atoms with Gasteiger partial charge >= 0.3 is 0 Å². The van der Waals surface area contributed by atoms with Gasteiger partial charge in [-0.25, -0.2) is 4.98 Å². The van der Waals surface area contributed by atoms with Crippen LogP contribution < -0.4 is 4.90 Å². The first-order chi connectivity index (χ1) is 8.69. The molecule has 2 nitrogen and oxygen atoms in total. The fraction of sp³-hybridized carbons (Fsp3) is 0.267. The number of halogens is 1. The lowest BCUT2D eigenvalue weighted by Gasteiger charge is -2.22. The van der Waals surface area contributed by atoms with E-state index in [0.717, 1.165) is 23.9 Å². The third-order valence-electron chi connectivity index (χ3n) is 2.89. The molecule has 2 aromatic rings. The summed E-state index contributed by atoms with van der Waals surface area (Å²) in [6.07, 6.45) is 1.90. The standard InChI is InChI=1S/C15H17ClN2/c1-3-18(15-9-4-12(2)10-17-15)11-13-5-7-14(16)8-6-13/h4-10H,3,11H2,1-2H3. The van der Waals surface area contributed by atoms with Gasteiger partial charge in [-0.2, -0.15) is 0 Å². The van der Waals surface area contributed by atoms with E-state index in [2.05, 4.69) is 41.1 Å². The Morgan fingerprint density at radius 2 is 1.83 bits per heavy atom. The van der Waals surface area contributed by atoms with Crippen LogP contribution in [0.2, 0.25) is 5.02 Å². The molecular formula is C15H17ClN2. The molecule has 0 amide bonds. The molecule has 94 valence electrons. The highest BCUT2D eigenvalue weighted by Crippen LogP contribution is 2.16. The second-order valence-electron chi connectivity index (χ2n) is 4.33. The van der Waals surface area contributed by atoms with E-state index in [0.29, 0.717) is 0 Å². The van der Waals surface area contributed by atoms with Crippen LogP contribution in [0, 0.1) is 6.92 Å². The van der Waals surface area contributed by atoms with Crippen LogP contribution >= 0.6 is 11.6 Å². The average Bonchev–Trinajstić information content (AvgIpc) is 2.39. The van der Waals surface area contributed by atoms with Crippen molar-refractivity contribution in [2.75, 3.05) is 11.4 Å². The lowest BCUT2D eigenvalue weighted by atomic mass is 10.2. The Morgan fingerprint density at radius 3 is 2.39 bits per heavy atom. The van der Waals surface area contributed by atoms with Crippen molar-refractivity contribution >= 4 is 17.4 Å². The smallest absolute Gasteiger partial charge is 0.128 e. The van der Waals surface area contributed by atoms with Crippen LogP contribution in [0.1, 0.15) is 18.1 Å². The number of benzene rings is 1. The molecule has 0 radical (unpaired) electrons. The molecule has 0 spiro atoms. The Kier molecular flexibility index (Phi) is 4.21. The minimum absolute atomic E-state index is 0.773. The van der Waals surface area contributed by atoms with E-state index < -0.39 is 0 Å². The Morgan fingerprint density at radius 1 is 1.11 bits per heavy atom. The summed E-state index contributed by atoms with van der Waals surface area (Å²) in [4.78, 5) is 6.70. The van der Waals surface area contributed by atoms with Crippen molar-refractivity contribution in [1.82, 2.24) is 4.98 Å².